The van der Waals surface area contributed by atoms with Crippen molar-refractivity contribution in [2.45, 2.75) is 44.2 Å². The molecule has 1 aromatic rings. The minimum atomic E-state index is 0.122. The third kappa shape index (κ3) is 3.09. The van der Waals surface area contributed by atoms with Crippen LogP contribution in [0.2, 0.25) is 0 Å². The van der Waals surface area contributed by atoms with Gasteiger partial charge in [-0.15, -0.1) is 0 Å². The van der Waals surface area contributed by atoms with Gasteiger partial charge in [-0.3, -0.25) is 0 Å². The van der Waals surface area contributed by atoms with Crippen LogP contribution in [0.5, 0.6) is 17.2 Å². The second-order valence-corrected chi connectivity index (χ2v) is 5.75. The van der Waals surface area contributed by atoms with E-state index in [1.165, 1.54) is 32.1 Å². The van der Waals surface area contributed by atoms with Gasteiger partial charge in [0.15, 0.2) is 11.5 Å². The van der Waals surface area contributed by atoms with Crippen molar-refractivity contribution in [2.75, 3.05) is 20.4 Å². The SMILES string of the molecule is COc1cc(C(CN)NC2CCCCC2)cc2c1OCO2. The van der Waals surface area contributed by atoms with E-state index in [2.05, 4.69) is 5.32 Å². The third-order valence-corrected chi connectivity index (χ3v) is 4.36. The van der Waals surface area contributed by atoms with Crippen LogP contribution in [0, 0.1) is 0 Å². The van der Waals surface area contributed by atoms with Crippen molar-refractivity contribution in [3.05, 3.63) is 17.7 Å². The topological polar surface area (TPSA) is 65.7 Å². The molecule has 21 heavy (non-hydrogen) atoms. The van der Waals surface area contributed by atoms with Gasteiger partial charge in [0.2, 0.25) is 12.5 Å². The van der Waals surface area contributed by atoms with Gasteiger partial charge in [-0.05, 0) is 30.5 Å². The number of methoxy groups -OCH3 is 1. The summed E-state index contributed by atoms with van der Waals surface area (Å²) in [7, 11) is 1.65. The zero-order chi connectivity index (χ0) is 14.7. The van der Waals surface area contributed by atoms with Gasteiger partial charge >= 0.3 is 0 Å². The van der Waals surface area contributed by atoms with Crippen molar-refractivity contribution in [1.29, 1.82) is 0 Å². The van der Waals surface area contributed by atoms with Gasteiger partial charge in [-0.1, -0.05) is 19.3 Å². The fourth-order valence-electron chi connectivity index (χ4n) is 3.21. The van der Waals surface area contributed by atoms with Crippen LogP contribution in [0.25, 0.3) is 0 Å². The summed E-state index contributed by atoms with van der Waals surface area (Å²) < 4.78 is 16.3. The maximum atomic E-state index is 5.98. The molecule has 1 atom stereocenters. The van der Waals surface area contributed by atoms with Crippen molar-refractivity contribution in [3.8, 4) is 17.2 Å². The van der Waals surface area contributed by atoms with Gasteiger partial charge in [0, 0.05) is 18.6 Å². The first kappa shape index (κ1) is 14.5. The summed E-state index contributed by atoms with van der Waals surface area (Å²) in [5.41, 5.74) is 7.08. The Kier molecular flexibility index (Phi) is 4.51. The van der Waals surface area contributed by atoms with Crippen LogP contribution in [-0.4, -0.2) is 26.5 Å². The molecule has 0 saturated heterocycles. The van der Waals surface area contributed by atoms with Crippen molar-refractivity contribution in [2.24, 2.45) is 5.73 Å². The highest BCUT2D eigenvalue weighted by Crippen LogP contribution is 2.43. The number of hydrogen-bond acceptors (Lipinski definition) is 5. The Hall–Kier alpha value is -1.46. The highest BCUT2D eigenvalue weighted by molar-refractivity contribution is 5.55. The van der Waals surface area contributed by atoms with E-state index in [1.807, 2.05) is 12.1 Å². The van der Waals surface area contributed by atoms with E-state index in [4.69, 9.17) is 19.9 Å². The molecule has 1 unspecified atom stereocenters. The third-order valence-electron chi connectivity index (χ3n) is 4.36. The average Bonchev–Trinajstić information content (AvgIpc) is 3.01. The van der Waals surface area contributed by atoms with E-state index >= 15 is 0 Å². The lowest BCUT2D eigenvalue weighted by molar-refractivity contribution is 0.171. The summed E-state index contributed by atoms with van der Waals surface area (Å²) in [5.74, 6) is 2.15. The number of rotatable bonds is 5. The van der Waals surface area contributed by atoms with E-state index in [0.29, 0.717) is 24.1 Å². The molecule has 1 aliphatic carbocycles. The molecule has 2 aliphatic rings. The number of ether oxygens (including phenoxy) is 3. The van der Waals surface area contributed by atoms with Crippen LogP contribution in [0.1, 0.15) is 43.7 Å². The number of hydrogen-bond donors (Lipinski definition) is 2. The quantitative estimate of drug-likeness (QED) is 0.872. The molecular formula is C16H24N2O3. The van der Waals surface area contributed by atoms with Crippen LogP contribution < -0.4 is 25.3 Å². The van der Waals surface area contributed by atoms with Crippen molar-refractivity contribution < 1.29 is 14.2 Å². The summed E-state index contributed by atoms with van der Waals surface area (Å²) >= 11 is 0. The second-order valence-electron chi connectivity index (χ2n) is 5.75. The molecule has 3 rings (SSSR count). The molecule has 116 valence electrons. The Morgan fingerprint density at radius 3 is 2.81 bits per heavy atom. The maximum absolute atomic E-state index is 5.98. The van der Waals surface area contributed by atoms with E-state index < -0.39 is 0 Å². The minimum Gasteiger partial charge on any atom is -0.493 e. The standard InChI is InChI=1S/C16H24N2O3/c1-19-14-7-11(8-15-16(14)21-10-20-15)13(9-17)18-12-5-3-2-4-6-12/h7-8,12-13,18H,2-6,9-10,17H2,1H3. The van der Waals surface area contributed by atoms with Crippen LogP contribution in [0.4, 0.5) is 0 Å². The zero-order valence-corrected chi connectivity index (χ0v) is 12.6. The van der Waals surface area contributed by atoms with E-state index in [1.54, 1.807) is 7.11 Å². The van der Waals surface area contributed by atoms with Gasteiger partial charge in [-0.25, -0.2) is 0 Å². The summed E-state index contributed by atoms with van der Waals surface area (Å²) in [6, 6.07) is 4.69. The lowest BCUT2D eigenvalue weighted by Gasteiger charge is -2.28. The minimum absolute atomic E-state index is 0.122. The van der Waals surface area contributed by atoms with Gasteiger partial charge in [0.05, 0.1) is 7.11 Å². The molecule has 0 spiro atoms. The number of fused-ring (bicyclic) bond motifs is 1. The first-order valence-corrected chi connectivity index (χ1v) is 7.75. The van der Waals surface area contributed by atoms with Crippen molar-refractivity contribution in [3.63, 3.8) is 0 Å². The lowest BCUT2D eigenvalue weighted by atomic mass is 9.94. The van der Waals surface area contributed by atoms with Crippen LogP contribution in [0.3, 0.4) is 0 Å². The molecule has 1 aromatic carbocycles. The Morgan fingerprint density at radius 1 is 1.29 bits per heavy atom. The van der Waals surface area contributed by atoms with Gasteiger partial charge in [0.1, 0.15) is 0 Å². The summed E-state index contributed by atoms with van der Waals surface area (Å²) in [6.45, 7) is 0.803. The average molecular weight is 292 g/mol. The number of nitrogens with one attached hydrogen (secondary N) is 1. The molecule has 0 amide bonds. The molecule has 1 fully saturated rings. The predicted molar refractivity (Wildman–Crippen MR) is 80.9 cm³/mol. The zero-order valence-electron chi connectivity index (χ0n) is 12.6. The van der Waals surface area contributed by atoms with Gasteiger partial charge in [0.25, 0.3) is 0 Å². The molecule has 0 bridgehead atoms. The number of nitrogens with two attached hydrogens (primary N) is 1. The Balaban J connectivity index is 1.79. The number of benzene rings is 1. The summed E-state index contributed by atoms with van der Waals surface area (Å²) in [4.78, 5) is 0. The van der Waals surface area contributed by atoms with Crippen molar-refractivity contribution >= 4 is 0 Å². The summed E-state index contributed by atoms with van der Waals surface area (Å²) in [6.07, 6.45) is 6.43. The van der Waals surface area contributed by atoms with Gasteiger partial charge in [-0.2, -0.15) is 0 Å². The maximum Gasteiger partial charge on any atom is 0.231 e. The molecular weight excluding hydrogens is 268 g/mol. The predicted octanol–water partition coefficient (Wildman–Crippen LogP) is 2.35. The first-order valence-electron chi connectivity index (χ1n) is 7.75. The molecule has 1 saturated carbocycles. The molecule has 3 N–H and O–H groups in total. The smallest absolute Gasteiger partial charge is 0.231 e. The Morgan fingerprint density at radius 2 is 2.10 bits per heavy atom. The monoisotopic (exact) mass is 292 g/mol. The van der Waals surface area contributed by atoms with E-state index in [-0.39, 0.29) is 12.8 Å². The molecule has 5 nitrogen and oxygen atoms in total. The largest absolute Gasteiger partial charge is 0.493 e. The molecule has 1 heterocycles. The summed E-state index contributed by atoms with van der Waals surface area (Å²) in [5, 5.41) is 3.69. The Bertz CT molecular complexity index is 487. The normalized spacial score (nSPS) is 19.5. The molecule has 1 aliphatic heterocycles. The fourth-order valence-corrected chi connectivity index (χ4v) is 3.21. The lowest BCUT2D eigenvalue weighted by Crippen LogP contribution is -2.37. The first-order chi connectivity index (χ1) is 10.3. The van der Waals surface area contributed by atoms with Crippen LogP contribution in [-0.2, 0) is 0 Å². The fraction of sp³-hybridized carbons (Fsp3) is 0.625. The molecule has 0 aromatic heterocycles. The Labute approximate surface area is 125 Å². The molecule has 0 radical (unpaired) electrons. The highest BCUT2D eigenvalue weighted by Gasteiger charge is 2.24. The van der Waals surface area contributed by atoms with Crippen molar-refractivity contribution in [1.82, 2.24) is 5.32 Å². The highest BCUT2D eigenvalue weighted by atomic mass is 16.7. The second kappa shape index (κ2) is 6.54. The molecule has 5 heteroatoms. The van der Waals surface area contributed by atoms with E-state index in [0.717, 1.165) is 11.3 Å². The van der Waals surface area contributed by atoms with Crippen LogP contribution >= 0.6 is 0 Å². The van der Waals surface area contributed by atoms with E-state index in [9.17, 15) is 0 Å². The van der Waals surface area contributed by atoms with Crippen LogP contribution in [0.15, 0.2) is 12.1 Å². The van der Waals surface area contributed by atoms with Gasteiger partial charge < -0.3 is 25.3 Å².